The molecule has 0 atom stereocenters. The van der Waals surface area contributed by atoms with E-state index in [1.807, 2.05) is 36.4 Å². The van der Waals surface area contributed by atoms with E-state index < -0.39 is 0 Å². The van der Waals surface area contributed by atoms with Crippen molar-refractivity contribution in [1.82, 2.24) is 5.32 Å². The Morgan fingerprint density at radius 2 is 1.82 bits per heavy atom. The van der Waals surface area contributed by atoms with Crippen LogP contribution in [0.3, 0.4) is 0 Å². The second kappa shape index (κ2) is 6.84. The van der Waals surface area contributed by atoms with E-state index in [-0.39, 0.29) is 12.4 Å². The van der Waals surface area contributed by atoms with Crippen molar-refractivity contribution in [2.45, 2.75) is 13.5 Å². The van der Waals surface area contributed by atoms with Gasteiger partial charge in [0.25, 0.3) is 0 Å². The fourth-order valence-electron chi connectivity index (χ4n) is 1.49. The van der Waals surface area contributed by atoms with Crippen LogP contribution in [0.1, 0.15) is 12.7 Å². The lowest BCUT2D eigenvalue weighted by atomic mass is 10.2. The molecule has 17 heavy (non-hydrogen) atoms. The van der Waals surface area contributed by atoms with Gasteiger partial charge in [-0.15, -0.1) is 12.4 Å². The summed E-state index contributed by atoms with van der Waals surface area (Å²) in [6.45, 7) is 3.82. The fraction of sp³-hybridized carbons (Fsp3) is 0.231. The molecule has 0 saturated heterocycles. The summed E-state index contributed by atoms with van der Waals surface area (Å²) in [4.78, 5) is 0. The average Bonchev–Trinajstić information content (AvgIpc) is 2.76. The zero-order chi connectivity index (χ0) is 11.4. The molecule has 4 heteroatoms. The molecule has 2 nitrogen and oxygen atoms in total. The lowest BCUT2D eigenvalue weighted by molar-refractivity contribution is 0.498. The van der Waals surface area contributed by atoms with Crippen molar-refractivity contribution < 1.29 is 4.42 Å². The first kappa shape index (κ1) is 14.3. The van der Waals surface area contributed by atoms with Gasteiger partial charge in [0.1, 0.15) is 11.5 Å². The Bertz CT molecular complexity index is 453. The maximum Gasteiger partial charge on any atom is 0.134 e. The van der Waals surface area contributed by atoms with Gasteiger partial charge in [0, 0.05) is 10.0 Å². The molecule has 0 amide bonds. The highest BCUT2D eigenvalue weighted by atomic mass is 79.9. The van der Waals surface area contributed by atoms with E-state index in [1.54, 1.807) is 0 Å². The predicted molar refractivity (Wildman–Crippen MR) is 76.5 cm³/mol. The number of halogens is 2. The number of nitrogens with one attached hydrogen (secondary N) is 1. The van der Waals surface area contributed by atoms with Crippen molar-refractivity contribution in [2.24, 2.45) is 0 Å². The van der Waals surface area contributed by atoms with Crippen molar-refractivity contribution in [3.05, 3.63) is 46.6 Å². The maximum atomic E-state index is 5.73. The third kappa shape index (κ3) is 3.87. The molecule has 92 valence electrons. The Morgan fingerprint density at radius 1 is 1.12 bits per heavy atom. The van der Waals surface area contributed by atoms with Gasteiger partial charge in [0.15, 0.2) is 0 Å². The topological polar surface area (TPSA) is 25.2 Å². The van der Waals surface area contributed by atoms with Crippen LogP contribution < -0.4 is 5.32 Å². The normalized spacial score (nSPS) is 10.0. The molecule has 1 heterocycles. The van der Waals surface area contributed by atoms with Crippen LogP contribution in [0.25, 0.3) is 11.3 Å². The monoisotopic (exact) mass is 315 g/mol. The zero-order valence-corrected chi connectivity index (χ0v) is 12.0. The van der Waals surface area contributed by atoms with Gasteiger partial charge >= 0.3 is 0 Å². The summed E-state index contributed by atoms with van der Waals surface area (Å²) in [7, 11) is 0. The number of furan rings is 1. The number of hydrogen-bond acceptors (Lipinski definition) is 2. The summed E-state index contributed by atoms with van der Waals surface area (Å²) < 4.78 is 6.81. The van der Waals surface area contributed by atoms with Crippen molar-refractivity contribution in [3.8, 4) is 11.3 Å². The highest BCUT2D eigenvalue weighted by Crippen LogP contribution is 2.23. The minimum Gasteiger partial charge on any atom is -0.460 e. The summed E-state index contributed by atoms with van der Waals surface area (Å²) in [5.41, 5.74) is 1.10. The number of benzene rings is 1. The molecule has 0 fully saturated rings. The Hall–Kier alpha value is -0.770. The van der Waals surface area contributed by atoms with E-state index in [4.69, 9.17) is 4.42 Å². The summed E-state index contributed by atoms with van der Waals surface area (Å²) in [5.74, 6) is 1.89. The lowest BCUT2D eigenvalue weighted by Gasteiger charge is -1.98. The molecule has 1 N–H and O–H groups in total. The van der Waals surface area contributed by atoms with E-state index in [1.165, 1.54) is 0 Å². The molecular weight excluding hydrogens is 302 g/mol. The fourth-order valence-corrected chi connectivity index (χ4v) is 1.75. The zero-order valence-electron chi connectivity index (χ0n) is 9.57. The van der Waals surface area contributed by atoms with Crippen LogP contribution in [0.2, 0.25) is 0 Å². The van der Waals surface area contributed by atoms with Crippen molar-refractivity contribution in [3.63, 3.8) is 0 Å². The van der Waals surface area contributed by atoms with E-state index in [2.05, 4.69) is 28.2 Å². The standard InChI is InChI=1S/C13H14BrNO.ClH/c1-2-15-9-12-7-8-13(16-12)10-3-5-11(14)6-4-10;/h3-8,15H,2,9H2,1H3;1H. The van der Waals surface area contributed by atoms with E-state index in [0.29, 0.717) is 0 Å². The smallest absolute Gasteiger partial charge is 0.134 e. The van der Waals surface area contributed by atoms with Crippen molar-refractivity contribution in [2.75, 3.05) is 6.54 Å². The predicted octanol–water partition coefficient (Wildman–Crippen LogP) is 4.24. The molecule has 0 spiro atoms. The third-order valence-electron chi connectivity index (χ3n) is 2.34. The van der Waals surface area contributed by atoms with E-state index in [0.717, 1.165) is 34.6 Å². The van der Waals surface area contributed by atoms with Crippen LogP contribution in [0, 0.1) is 0 Å². The lowest BCUT2D eigenvalue weighted by Crippen LogP contribution is -2.10. The number of rotatable bonds is 4. The summed E-state index contributed by atoms with van der Waals surface area (Å²) >= 11 is 3.42. The highest BCUT2D eigenvalue weighted by Gasteiger charge is 2.03. The minimum absolute atomic E-state index is 0. The molecule has 0 saturated carbocycles. The van der Waals surface area contributed by atoms with E-state index in [9.17, 15) is 0 Å². The second-order valence-electron chi connectivity index (χ2n) is 3.55. The first-order valence-electron chi connectivity index (χ1n) is 5.35. The maximum absolute atomic E-state index is 5.73. The van der Waals surface area contributed by atoms with Gasteiger partial charge in [-0.05, 0) is 30.8 Å². The highest BCUT2D eigenvalue weighted by molar-refractivity contribution is 9.10. The average molecular weight is 317 g/mol. The van der Waals surface area contributed by atoms with Crippen LogP contribution >= 0.6 is 28.3 Å². The molecular formula is C13H15BrClNO. The first-order chi connectivity index (χ1) is 7.79. The Balaban J connectivity index is 0.00000144. The van der Waals surface area contributed by atoms with Crippen LogP contribution in [-0.4, -0.2) is 6.54 Å². The molecule has 0 aliphatic rings. The van der Waals surface area contributed by atoms with Gasteiger partial charge in [-0.3, -0.25) is 0 Å². The van der Waals surface area contributed by atoms with Gasteiger partial charge in [-0.25, -0.2) is 0 Å². The van der Waals surface area contributed by atoms with E-state index >= 15 is 0 Å². The quantitative estimate of drug-likeness (QED) is 0.912. The van der Waals surface area contributed by atoms with Crippen molar-refractivity contribution in [1.29, 1.82) is 0 Å². The third-order valence-corrected chi connectivity index (χ3v) is 2.87. The minimum atomic E-state index is 0. The molecule has 0 radical (unpaired) electrons. The SMILES string of the molecule is CCNCc1ccc(-c2ccc(Br)cc2)o1.Cl. The van der Waals surface area contributed by atoms with Crippen LogP contribution in [-0.2, 0) is 6.54 Å². The van der Waals surface area contributed by atoms with Crippen LogP contribution in [0.5, 0.6) is 0 Å². The summed E-state index contributed by atoms with van der Waals surface area (Å²) in [6.07, 6.45) is 0. The van der Waals surface area contributed by atoms with Gasteiger partial charge in [-0.2, -0.15) is 0 Å². The first-order valence-corrected chi connectivity index (χ1v) is 6.14. The Kier molecular flexibility index (Phi) is 5.75. The van der Waals surface area contributed by atoms with Gasteiger partial charge in [0.05, 0.1) is 6.54 Å². The molecule has 1 aromatic carbocycles. The van der Waals surface area contributed by atoms with Gasteiger partial charge in [0.2, 0.25) is 0 Å². The summed E-state index contributed by atoms with van der Waals surface area (Å²) in [5, 5.41) is 3.24. The van der Waals surface area contributed by atoms with Crippen molar-refractivity contribution >= 4 is 28.3 Å². The molecule has 2 aromatic rings. The molecule has 0 unspecified atom stereocenters. The second-order valence-corrected chi connectivity index (χ2v) is 4.47. The Morgan fingerprint density at radius 3 is 2.47 bits per heavy atom. The molecule has 0 aliphatic carbocycles. The van der Waals surface area contributed by atoms with Crippen LogP contribution in [0.4, 0.5) is 0 Å². The van der Waals surface area contributed by atoms with Gasteiger partial charge in [-0.1, -0.05) is 35.0 Å². The van der Waals surface area contributed by atoms with Crippen LogP contribution in [0.15, 0.2) is 45.3 Å². The largest absolute Gasteiger partial charge is 0.460 e. The molecule has 0 aliphatic heterocycles. The summed E-state index contributed by atoms with van der Waals surface area (Å²) in [6, 6.07) is 12.1. The molecule has 0 bridgehead atoms. The Labute approximate surface area is 116 Å². The molecule has 2 rings (SSSR count). The number of hydrogen-bond donors (Lipinski definition) is 1. The van der Waals surface area contributed by atoms with Gasteiger partial charge < -0.3 is 9.73 Å². The molecule has 1 aromatic heterocycles.